The van der Waals surface area contributed by atoms with Crippen molar-refractivity contribution in [1.29, 1.82) is 0 Å². The molecule has 2 atom stereocenters. The fourth-order valence-corrected chi connectivity index (χ4v) is 4.50. The number of carbonyl (C=O) groups is 1. The minimum Gasteiger partial charge on any atom is -0.444 e. The van der Waals surface area contributed by atoms with Crippen LogP contribution in [-0.4, -0.2) is 65.4 Å². The molecule has 1 saturated carbocycles. The molecule has 29 heavy (non-hydrogen) atoms. The van der Waals surface area contributed by atoms with E-state index < -0.39 is 5.60 Å². The standard InChI is InChI=1S/C22H36N4O3/c1-15-12-25(14-18(15)23-20-11-19(29-24-20)17-5-6-17)13-16-7-9-26(10-8-16)21(27)28-22(2,3)4/h11,15-18H,5-10,12-14H2,1-4H3,(H,23,24). The summed E-state index contributed by atoms with van der Waals surface area (Å²) < 4.78 is 11.0. The molecular formula is C22H36N4O3. The first-order valence-electron chi connectivity index (χ1n) is 11.2. The van der Waals surface area contributed by atoms with E-state index in [-0.39, 0.29) is 6.09 Å². The molecule has 2 aliphatic heterocycles. The molecule has 0 bridgehead atoms. The molecule has 0 spiro atoms. The molecule has 7 heteroatoms. The predicted octanol–water partition coefficient (Wildman–Crippen LogP) is 3.93. The zero-order valence-corrected chi connectivity index (χ0v) is 18.3. The lowest BCUT2D eigenvalue weighted by molar-refractivity contribution is 0.0172. The van der Waals surface area contributed by atoms with E-state index in [1.807, 2.05) is 25.7 Å². The van der Waals surface area contributed by atoms with E-state index >= 15 is 0 Å². The van der Waals surface area contributed by atoms with Gasteiger partial charge in [0.1, 0.15) is 11.4 Å². The van der Waals surface area contributed by atoms with E-state index in [0.717, 1.165) is 57.1 Å². The number of piperidine rings is 1. The highest BCUT2D eigenvalue weighted by atomic mass is 16.6. The number of rotatable bonds is 5. The molecule has 0 radical (unpaired) electrons. The average molecular weight is 405 g/mol. The van der Waals surface area contributed by atoms with E-state index in [1.165, 1.54) is 12.8 Å². The lowest BCUT2D eigenvalue weighted by Gasteiger charge is -2.34. The molecule has 2 saturated heterocycles. The summed E-state index contributed by atoms with van der Waals surface area (Å²) in [5, 5.41) is 7.80. The first-order valence-corrected chi connectivity index (χ1v) is 11.2. The quantitative estimate of drug-likeness (QED) is 0.802. The van der Waals surface area contributed by atoms with Crippen LogP contribution in [0.3, 0.4) is 0 Å². The Morgan fingerprint density at radius 2 is 1.97 bits per heavy atom. The molecule has 3 fully saturated rings. The number of nitrogens with zero attached hydrogens (tertiary/aromatic N) is 3. The highest BCUT2D eigenvalue weighted by Crippen LogP contribution is 2.41. The predicted molar refractivity (Wildman–Crippen MR) is 112 cm³/mol. The third-order valence-corrected chi connectivity index (χ3v) is 6.31. The van der Waals surface area contributed by atoms with Crippen LogP contribution >= 0.6 is 0 Å². The summed E-state index contributed by atoms with van der Waals surface area (Å²) in [7, 11) is 0. The van der Waals surface area contributed by atoms with Gasteiger partial charge < -0.3 is 24.4 Å². The summed E-state index contributed by atoms with van der Waals surface area (Å²) in [4.78, 5) is 16.7. The number of likely N-dealkylation sites (tertiary alicyclic amines) is 2. The normalized spacial score (nSPS) is 26.7. The van der Waals surface area contributed by atoms with Crippen molar-refractivity contribution >= 4 is 11.9 Å². The molecular weight excluding hydrogens is 368 g/mol. The summed E-state index contributed by atoms with van der Waals surface area (Å²) in [6.07, 6.45) is 4.39. The smallest absolute Gasteiger partial charge is 0.410 e. The third kappa shape index (κ3) is 5.44. The summed E-state index contributed by atoms with van der Waals surface area (Å²) >= 11 is 0. The molecule has 1 aliphatic carbocycles. The second kappa shape index (κ2) is 8.17. The van der Waals surface area contributed by atoms with Gasteiger partial charge in [-0.1, -0.05) is 12.1 Å². The minimum atomic E-state index is -0.426. The van der Waals surface area contributed by atoms with E-state index in [2.05, 4.69) is 28.4 Å². The number of amides is 1. The Balaban J connectivity index is 1.21. The minimum absolute atomic E-state index is 0.173. The third-order valence-electron chi connectivity index (χ3n) is 6.31. The molecule has 1 amide bonds. The molecule has 162 valence electrons. The molecule has 1 aromatic rings. The van der Waals surface area contributed by atoms with Gasteiger partial charge in [-0.2, -0.15) is 0 Å². The summed E-state index contributed by atoms with van der Waals surface area (Å²) in [6, 6.07) is 2.49. The Labute approximate surface area is 174 Å². The van der Waals surface area contributed by atoms with E-state index in [9.17, 15) is 4.79 Å². The molecule has 7 nitrogen and oxygen atoms in total. The zero-order chi connectivity index (χ0) is 20.6. The van der Waals surface area contributed by atoms with Crippen LogP contribution in [0.15, 0.2) is 10.6 Å². The van der Waals surface area contributed by atoms with Gasteiger partial charge in [0.15, 0.2) is 5.82 Å². The summed E-state index contributed by atoms with van der Waals surface area (Å²) in [6.45, 7) is 12.9. The fraction of sp³-hybridized carbons (Fsp3) is 0.818. The molecule has 1 aromatic heterocycles. The number of hydrogen-bond acceptors (Lipinski definition) is 6. The van der Waals surface area contributed by atoms with E-state index in [0.29, 0.717) is 23.8 Å². The van der Waals surface area contributed by atoms with Gasteiger partial charge in [0.25, 0.3) is 0 Å². The Morgan fingerprint density at radius 3 is 2.62 bits per heavy atom. The van der Waals surface area contributed by atoms with Crippen LogP contribution in [0.4, 0.5) is 10.6 Å². The second-order valence-corrected chi connectivity index (χ2v) is 10.2. The number of anilines is 1. The topological polar surface area (TPSA) is 70.8 Å². The largest absolute Gasteiger partial charge is 0.444 e. The van der Waals surface area contributed by atoms with Crippen LogP contribution < -0.4 is 5.32 Å². The van der Waals surface area contributed by atoms with Crippen LogP contribution in [0.2, 0.25) is 0 Å². The maximum absolute atomic E-state index is 12.2. The summed E-state index contributed by atoms with van der Waals surface area (Å²) in [5.74, 6) is 3.75. The first-order chi connectivity index (χ1) is 13.8. The highest BCUT2D eigenvalue weighted by Gasteiger charge is 2.34. The Hall–Kier alpha value is -1.76. The lowest BCUT2D eigenvalue weighted by Crippen LogP contribution is -2.43. The number of ether oxygens (including phenoxy) is 1. The molecule has 3 aliphatic rings. The van der Waals surface area contributed by atoms with Crippen LogP contribution in [0, 0.1) is 11.8 Å². The van der Waals surface area contributed by atoms with Gasteiger partial charge in [-0.15, -0.1) is 0 Å². The van der Waals surface area contributed by atoms with Crippen molar-refractivity contribution in [3.05, 3.63) is 11.8 Å². The highest BCUT2D eigenvalue weighted by molar-refractivity contribution is 5.68. The average Bonchev–Trinajstić information content (AvgIpc) is 3.30. The van der Waals surface area contributed by atoms with Gasteiger partial charge in [0.2, 0.25) is 0 Å². The number of aromatic nitrogens is 1. The van der Waals surface area contributed by atoms with Crippen molar-refractivity contribution in [2.45, 2.75) is 70.9 Å². The molecule has 1 N–H and O–H groups in total. The van der Waals surface area contributed by atoms with Crippen LogP contribution in [0.25, 0.3) is 0 Å². The zero-order valence-electron chi connectivity index (χ0n) is 18.3. The van der Waals surface area contributed by atoms with Gasteiger partial charge in [0, 0.05) is 50.7 Å². The van der Waals surface area contributed by atoms with Gasteiger partial charge in [-0.3, -0.25) is 0 Å². The maximum atomic E-state index is 12.2. The van der Waals surface area contributed by atoms with Crippen LogP contribution in [0.5, 0.6) is 0 Å². The molecule has 3 heterocycles. The van der Waals surface area contributed by atoms with Crippen molar-refractivity contribution in [3.63, 3.8) is 0 Å². The maximum Gasteiger partial charge on any atom is 0.410 e. The number of nitrogens with one attached hydrogen (secondary N) is 1. The molecule has 4 rings (SSSR count). The van der Waals surface area contributed by atoms with E-state index in [1.54, 1.807) is 0 Å². The SMILES string of the molecule is CC1CN(CC2CCN(C(=O)OC(C)(C)C)CC2)CC1Nc1cc(C2CC2)on1. The van der Waals surface area contributed by atoms with Crippen LogP contribution in [0.1, 0.15) is 65.1 Å². The van der Waals surface area contributed by atoms with Gasteiger partial charge in [-0.25, -0.2) is 4.79 Å². The van der Waals surface area contributed by atoms with Crippen molar-refractivity contribution in [2.75, 3.05) is 38.0 Å². The van der Waals surface area contributed by atoms with Crippen molar-refractivity contribution in [2.24, 2.45) is 11.8 Å². The first kappa shape index (κ1) is 20.5. The Morgan fingerprint density at radius 1 is 1.24 bits per heavy atom. The Kier molecular flexibility index (Phi) is 5.78. The molecule has 0 aromatic carbocycles. The fourth-order valence-electron chi connectivity index (χ4n) is 4.50. The number of hydrogen-bond donors (Lipinski definition) is 1. The molecule has 2 unspecified atom stereocenters. The van der Waals surface area contributed by atoms with Crippen LogP contribution in [-0.2, 0) is 4.74 Å². The van der Waals surface area contributed by atoms with Crippen molar-refractivity contribution < 1.29 is 14.1 Å². The Bertz CT molecular complexity index is 701. The number of carbonyl (C=O) groups excluding carboxylic acids is 1. The second-order valence-electron chi connectivity index (χ2n) is 10.2. The van der Waals surface area contributed by atoms with Gasteiger partial charge in [-0.05, 0) is 58.3 Å². The lowest BCUT2D eigenvalue weighted by atomic mass is 9.96. The van der Waals surface area contributed by atoms with Crippen molar-refractivity contribution in [3.8, 4) is 0 Å². The monoisotopic (exact) mass is 404 g/mol. The summed E-state index contributed by atoms with van der Waals surface area (Å²) in [5.41, 5.74) is -0.426. The van der Waals surface area contributed by atoms with Crippen molar-refractivity contribution in [1.82, 2.24) is 15.0 Å². The van der Waals surface area contributed by atoms with Gasteiger partial charge in [0.05, 0.1) is 0 Å². The van der Waals surface area contributed by atoms with Gasteiger partial charge >= 0.3 is 6.09 Å². The van der Waals surface area contributed by atoms with E-state index in [4.69, 9.17) is 9.26 Å².